The summed E-state index contributed by atoms with van der Waals surface area (Å²) in [5, 5.41) is 8.23. The maximum atomic E-state index is 3.52. The lowest BCUT2D eigenvalue weighted by molar-refractivity contribution is 1.09. The van der Waals surface area contributed by atoms with E-state index in [9.17, 15) is 0 Å². The fourth-order valence-electron chi connectivity index (χ4n) is 3.71. The Balaban J connectivity index is 1.80. The molecule has 0 aromatic heterocycles. The molecule has 4 N–H and O–H groups in total. The molecule has 0 amide bonds. The number of hydrogen-bond acceptors (Lipinski definition) is 4. The van der Waals surface area contributed by atoms with Gasteiger partial charge in [0, 0.05) is 5.30 Å². The molecule has 0 unspecified atom stereocenters. The van der Waals surface area contributed by atoms with Crippen molar-refractivity contribution in [3.8, 4) is 0 Å². The summed E-state index contributed by atoms with van der Waals surface area (Å²) in [4.78, 5) is 0. The van der Waals surface area contributed by atoms with Gasteiger partial charge < -0.3 is 10.9 Å². The van der Waals surface area contributed by atoms with E-state index in [2.05, 4.69) is 111 Å². The van der Waals surface area contributed by atoms with Crippen LogP contribution in [-0.4, -0.2) is 0 Å². The van der Waals surface area contributed by atoms with Crippen molar-refractivity contribution in [3.63, 3.8) is 0 Å². The van der Waals surface area contributed by atoms with E-state index < -0.39 is 8.22 Å². The van der Waals surface area contributed by atoms with Crippen molar-refractivity contribution in [2.75, 3.05) is 10.9 Å². The summed E-state index contributed by atoms with van der Waals surface area (Å²) in [6, 6.07) is 19.3. The van der Waals surface area contributed by atoms with Gasteiger partial charge in [0.15, 0.2) is 0 Å². The molecule has 0 aliphatic carbocycles. The molecule has 0 heterocycles. The summed E-state index contributed by atoms with van der Waals surface area (Å²) in [5.74, 6) is 0. The van der Waals surface area contributed by atoms with E-state index in [-0.39, 0.29) is 0 Å². The van der Waals surface area contributed by atoms with Crippen molar-refractivity contribution in [1.29, 1.82) is 0 Å². The highest BCUT2D eigenvalue weighted by molar-refractivity contribution is 7.61. The molecule has 0 bridgehead atoms. The van der Waals surface area contributed by atoms with Crippen LogP contribution in [0.1, 0.15) is 33.4 Å². The van der Waals surface area contributed by atoms with E-state index in [0.29, 0.717) is 0 Å². The predicted octanol–water partition coefficient (Wildman–Crippen LogP) is 5.71. The summed E-state index contributed by atoms with van der Waals surface area (Å²) >= 11 is 0. The van der Waals surface area contributed by atoms with Crippen LogP contribution in [-0.2, 0) is 0 Å². The zero-order valence-corrected chi connectivity index (χ0v) is 19.0. The van der Waals surface area contributed by atoms with E-state index in [1.807, 2.05) is 6.07 Å². The molecule has 3 aromatic rings. The van der Waals surface area contributed by atoms with Crippen LogP contribution in [0.15, 0.2) is 54.6 Å². The Kier molecular flexibility index (Phi) is 6.92. The SMILES string of the molecule is Cc1cc(C)c(NNP(NNc2c(C)cc(C)cc2C)c2ccccc2)c(C)c1. The molecule has 0 aliphatic rings. The van der Waals surface area contributed by atoms with Crippen molar-refractivity contribution in [1.82, 2.24) is 10.4 Å². The molecule has 3 rings (SSSR count). The van der Waals surface area contributed by atoms with Crippen molar-refractivity contribution < 1.29 is 0 Å². The van der Waals surface area contributed by atoms with Gasteiger partial charge >= 0.3 is 0 Å². The summed E-state index contributed by atoms with van der Waals surface area (Å²) in [6.07, 6.45) is 0. The van der Waals surface area contributed by atoms with Crippen molar-refractivity contribution in [2.24, 2.45) is 0 Å². The predicted molar refractivity (Wildman–Crippen MR) is 128 cm³/mol. The second kappa shape index (κ2) is 9.41. The van der Waals surface area contributed by atoms with Gasteiger partial charge in [-0.05, 0) is 63.8 Å². The molecular weight excluding hydrogens is 375 g/mol. The fourth-order valence-corrected chi connectivity index (χ4v) is 4.94. The number of rotatable bonds is 7. The fraction of sp³-hybridized carbons (Fsp3) is 0.250. The zero-order valence-electron chi connectivity index (χ0n) is 18.1. The molecule has 29 heavy (non-hydrogen) atoms. The second-order valence-corrected chi connectivity index (χ2v) is 9.33. The third kappa shape index (κ3) is 5.36. The molecular formula is C24H31N4P. The van der Waals surface area contributed by atoms with Crippen molar-refractivity contribution >= 4 is 24.9 Å². The van der Waals surface area contributed by atoms with E-state index in [1.165, 1.54) is 38.7 Å². The third-order valence-electron chi connectivity index (χ3n) is 4.95. The topological polar surface area (TPSA) is 48.1 Å². The Hall–Kier alpha value is -2.39. The molecule has 0 radical (unpaired) electrons. The molecule has 0 fully saturated rings. The van der Waals surface area contributed by atoms with Crippen LogP contribution >= 0.6 is 8.22 Å². The van der Waals surface area contributed by atoms with Gasteiger partial charge in [-0.25, -0.2) is 0 Å². The molecule has 0 atom stereocenters. The standard InChI is InChI=1S/C24H31N4P/c1-16-12-18(3)23(19(4)13-16)25-27-29(22-10-8-7-9-11-22)28-26-24-20(5)14-17(2)15-21(24)6/h7-15,25-28H,1-6H3. The summed E-state index contributed by atoms with van der Waals surface area (Å²) in [5.41, 5.74) is 16.7. The molecule has 152 valence electrons. The van der Waals surface area contributed by atoms with Crippen LogP contribution in [0.2, 0.25) is 0 Å². The van der Waals surface area contributed by atoms with Crippen molar-refractivity contribution in [2.45, 2.75) is 41.5 Å². The minimum atomic E-state index is -0.890. The minimum absolute atomic E-state index is 0.890. The number of benzene rings is 3. The monoisotopic (exact) mass is 406 g/mol. The summed E-state index contributed by atoms with van der Waals surface area (Å²) < 4.78 is 0. The molecule has 0 saturated carbocycles. The van der Waals surface area contributed by atoms with Gasteiger partial charge in [-0.2, -0.15) is 10.4 Å². The third-order valence-corrected chi connectivity index (χ3v) is 6.44. The highest BCUT2D eigenvalue weighted by Gasteiger charge is 2.13. The maximum absolute atomic E-state index is 3.52. The average Bonchev–Trinajstić information content (AvgIpc) is 2.65. The molecule has 5 heteroatoms. The van der Waals surface area contributed by atoms with Crippen LogP contribution in [0.5, 0.6) is 0 Å². The summed E-state index contributed by atoms with van der Waals surface area (Å²) in [7, 11) is -0.890. The lowest BCUT2D eigenvalue weighted by atomic mass is 10.1. The Morgan fingerprint density at radius 2 is 0.931 bits per heavy atom. The lowest BCUT2D eigenvalue weighted by Gasteiger charge is -2.25. The maximum Gasteiger partial charge on any atom is 0.104 e. The minimum Gasteiger partial charge on any atom is -0.316 e. The van der Waals surface area contributed by atoms with Gasteiger partial charge in [0.1, 0.15) is 8.22 Å². The molecule has 0 saturated heterocycles. The second-order valence-electron chi connectivity index (χ2n) is 7.69. The summed E-state index contributed by atoms with van der Waals surface area (Å²) in [6.45, 7) is 12.8. The number of hydrogen-bond donors (Lipinski definition) is 4. The molecule has 3 aromatic carbocycles. The van der Waals surface area contributed by atoms with Gasteiger partial charge in [0.05, 0.1) is 11.4 Å². The first-order chi connectivity index (χ1) is 13.8. The number of nitrogens with one attached hydrogen (secondary N) is 4. The Morgan fingerprint density at radius 3 is 1.31 bits per heavy atom. The normalized spacial score (nSPS) is 11.0. The number of aryl methyl sites for hydroxylation is 6. The van der Waals surface area contributed by atoms with E-state index in [4.69, 9.17) is 0 Å². The largest absolute Gasteiger partial charge is 0.316 e. The van der Waals surface area contributed by atoms with Crippen LogP contribution < -0.4 is 26.5 Å². The van der Waals surface area contributed by atoms with Crippen molar-refractivity contribution in [3.05, 3.63) is 88.0 Å². The Morgan fingerprint density at radius 1 is 0.552 bits per heavy atom. The number of hydrazine groups is 2. The molecule has 0 spiro atoms. The first-order valence-electron chi connectivity index (χ1n) is 9.89. The van der Waals surface area contributed by atoms with Crippen LogP contribution in [0.25, 0.3) is 0 Å². The molecule has 4 nitrogen and oxygen atoms in total. The molecule has 0 aliphatic heterocycles. The van der Waals surface area contributed by atoms with Crippen LogP contribution in [0.3, 0.4) is 0 Å². The Labute approximate surface area is 175 Å². The van der Waals surface area contributed by atoms with E-state index in [0.717, 1.165) is 11.4 Å². The Bertz CT molecular complexity index is 878. The van der Waals surface area contributed by atoms with Gasteiger partial charge in [0.25, 0.3) is 0 Å². The first-order valence-corrected chi connectivity index (χ1v) is 11.2. The highest BCUT2D eigenvalue weighted by atomic mass is 31.1. The van der Waals surface area contributed by atoms with Crippen LogP contribution in [0, 0.1) is 41.5 Å². The smallest absolute Gasteiger partial charge is 0.104 e. The van der Waals surface area contributed by atoms with Gasteiger partial charge in [-0.3, -0.25) is 0 Å². The average molecular weight is 407 g/mol. The first kappa shape index (κ1) is 21.3. The van der Waals surface area contributed by atoms with Gasteiger partial charge in [-0.1, -0.05) is 65.7 Å². The number of anilines is 2. The van der Waals surface area contributed by atoms with E-state index in [1.54, 1.807) is 0 Å². The quantitative estimate of drug-likeness (QED) is 0.300. The van der Waals surface area contributed by atoms with Crippen LogP contribution in [0.4, 0.5) is 11.4 Å². The zero-order chi connectivity index (χ0) is 21.0. The lowest BCUT2D eigenvalue weighted by Crippen LogP contribution is -2.33. The van der Waals surface area contributed by atoms with Gasteiger partial charge in [-0.15, -0.1) is 0 Å². The van der Waals surface area contributed by atoms with E-state index >= 15 is 0 Å². The highest BCUT2D eigenvalue weighted by Crippen LogP contribution is 2.29. The van der Waals surface area contributed by atoms with Gasteiger partial charge in [0.2, 0.25) is 0 Å².